The molecule has 0 bridgehead atoms. The maximum absolute atomic E-state index is 12.7. The van der Waals surface area contributed by atoms with Gasteiger partial charge in [0.1, 0.15) is 23.3 Å². The van der Waals surface area contributed by atoms with Crippen molar-refractivity contribution in [3.63, 3.8) is 0 Å². The molecule has 2 N–H and O–H groups in total. The molecule has 0 saturated heterocycles. The molecule has 9 heteroatoms. The number of alkyl halides is 3. The summed E-state index contributed by atoms with van der Waals surface area (Å²) in [6.45, 7) is -0.287. The number of para-hydroxylation sites is 1. The number of nitrogens with zero attached hydrogens (tertiary/aromatic N) is 2. The molecule has 180 valence electrons. The molecular weight excluding hydrogens is 457 g/mol. The number of hydrogen-bond donors (Lipinski definition) is 2. The molecule has 4 aromatic rings. The number of imidazole rings is 1. The molecule has 3 aromatic carbocycles. The van der Waals surface area contributed by atoms with E-state index in [-0.39, 0.29) is 18.5 Å². The summed E-state index contributed by atoms with van der Waals surface area (Å²) in [5, 5.41) is 5.81. The summed E-state index contributed by atoms with van der Waals surface area (Å²) in [5.41, 5.74) is 2.93. The number of halogens is 3. The highest BCUT2D eigenvalue weighted by Gasteiger charge is 2.26. The molecule has 1 aliphatic rings. The van der Waals surface area contributed by atoms with E-state index >= 15 is 0 Å². The van der Waals surface area contributed by atoms with Gasteiger partial charge in [-0.2, -0.15) is 13.2 Å². The Balaban J connectivity index is 1.47. The first kappa shape index (κ1) is 22.8. The fourth-order valence-corrected chi connectivity index (χ4v) is 3.72. The lowest BCUT2D eigenvalue weighted by atomic mass is 10.2. The Bertz CT molecular complexity index is 1330. The Kier molecular flexibility index (Phi) is 6.07. The van der Waals surface area contributed by atoms with Crippen LogP contribution in [-0.4, -0.2) is 34.2 Å². The Morgan fingerprint density at radius 2 is 1.77 bits per heavy atom. The van der Waals surface area contributed by atoms with E-state index in [1.54, 1.807) is 42.7 Å². The predicted octanol–water partition coefficient (Wildman–Crippen LogP) is 6.07. The summed E-state index contributed by atoms with van der Waals surface area (Å²) in [5.74, 6) is 0.954. The molecule has 0 radical (unpaired) electrons. The predicted molar refractivity (Wildman–Crippen MR) is 127 cm³/mol. The van der Waals surface area contributed by atoms with Crippen molar-refractivity contribution in [3.8, 4) is 17.2 Å². The van der Waals surface area contributed by atoms with Crippen LogP contribution >= 0.6 is 0 Å². The van der Waals surface area contributed by atoms with Gasteiger partial charge in [0.05, 0.1) is 17.6 Å². The average molecular weight is 480 g/mol. The number of ether oxygens (including phenoxy) is 1. The van der Waals surface area contributed by atoms with E-state index in [9.17, 15) is 18.0 Å². The molecule has 0 spiro atoms. The van der Waals surface area contributed by atoms with Gasteiger partial charge in [0.2, 0.25) is 0 Å². The van der Waals surface area contributed by atoms with E-state index in [1.807, 2.05) is 34.9 Å². The third-order valence-corrected chi connectivity index (χ3v) is 5.65. The molecule has 1 heterocycles. The van der Waals surface area contributed by atoms with Crippen LogP contribution in [0.3, 0.4) is 0 Å². The highest BCUT2D eigenvalue weighted by Crippen LogP contribution is 2.33. The van der Waals surface area contributed by atoms with Crippen LogP contribution in [-0.2, 0) is 0 Å². The number of aromatic nitrogens is 2. The van der Waals surface area contributed by atoms with E-state index < -0.39 is 12.6 Å². The Morgan fingerprint density at radius 3 is 2.46 bits per heavy atom. The zero-order chi connectivity index (χ0) is 24.4. The van der Waals surface area contributed by atoms with E-state index in [1.165, 1.54) is 0 Å². The van der Waals surface area contributed by atoms with Gasteiger partial charge in [0, 0.05) is 36.0 Å². The SMILES string of the molecule is O=C(NC1CC1)c1ccc(-n2cnc3c(NCCC(F)(F)F)cc(Oc4ccccc4)cc32)cc1. The lowest BCUT2D eigenvalue weighted by Gasteiger charge is -2.13. The lowest BCUT2D eigenvalue weighted by molar-refractivity contribution is -0.131. The van der Waals surface area contributed by atoms with Crippen LogP contribution in [0.5, 0.6) is 11.5 Å². The van der Waals surface area contributed by atoms with Crippen molar-refractivity contribution in [2.75, 3.05) is 11.9 Å². The van der Waals surface area contributed by atoms with Gasteiger partial charge >= 0.3 is 6.18 Å². The first-order valence-corrected chi connectivity index (χ1v) is 11.3. The zero-order valence-electron chi connectivity index (χ0n) is 18.7. The first-order chi connectivity index (χ1) is 16.9. The smallest absolute Gasteiger partial charge is 0.390 e. The van der Waals surface area contributed by atoms with Crippen molar-refractivity contribution in [1.29, 1.82) is 0 Å². The molecule has 1 aliphatic carbocycles. The Labute approximate surface area is 199 Å². The van der Waals surface area contributed by atoms with Crippen LogP contribution in [0.25, 0.3) is 16.7 Å². The molecule has 0 unspecified atom stereocenters. The molecule has 1 fully saturated rings. The molecular formula is C26H23F3N4O2. The molecule has 1 saturated carbocycles. The number of benzene rings is 3. The van der Waals surface area contributed by atoms with Crippen molar-refractivity contribution in [2.24, 2.45) is 0 Å². The number of amides is 1. The maximum Gasteiger partial charge on any atom is 0.390 e. The minimum Gasteiger partial charge on any atom is -0.457 e. The van der Waals surface area contributed by atoms with Crippen molar-refractivity contribution in [2.45, 2.75) is 31.5 Å². The van der Waals surface area contributed by atoms with Crippen LogP contribution in [0.2, 0.25) is 0 Å². The fourth-order valence-electron chi connectivity index (χ4n) is 3.72. The van der Waals surface area contributed by atoms with E-state index in [4.69, 9.17) is 4.74 Å². The summed E-state index contributed by atoms with van der Waals surface area (Å²) in [6, 6.07) is 19.9. The maximum atomic E-state index is 12.7. The minimum absolute atomic E-state index is 0.107. The van der Waals surface area contributed by atoms with Gasteiger partial charge in [-0.1, -0.05) is 18.2 Å². The number of rotatable bonds is 8. The molecule has 0 aliphatic heterocycles. The molecule has 1 aromatic heterocycles. The number of fused-ring (bicyclic) bond motifs is 1. The number of nitrogens with one attached hydrogen (secondary N) is 2. The van der Waals surface area contributed by atoms with Gasteiger partial charge in [-0.05, 0) is 49.2 Å². The van der Waals surface area contributed by atoms with Crippen molar-refractivity contribution < 1.29 is 22.7 Å². The fraction of sp³-hybridized carbons (Fsp3) is 0.231. The summed E-state index contributed by atoms with van der Waals surface area (Å²) in [4.78, 5) is 16.8. The third kappa shape index (κ3) is 5.56. The summed E-state index contributed by atoms with van der Waals surface area (Å²) in [6.07, 6.45) is -1.61. The van der Waals surface area contributed by atoms with E-state index in [0.29, 0.717) is 33.8 Å². The largest absolute Gasteiger partial charge is 0.457 e. The van der Waals surface area contributed by atoms with Crippen molar-refractivity contribution in [3.05, 3.63) is 78.6 Å². The highest BCUT2D eigenvalue weighted by atomic mass is 19.4. The van der Waals surface area contributed by atoms with Crippen molar-refractivity contribution >= 4 is 22.6 Å². The standard InChI is InChI=1S/C26H23F3N4O2/c27-26(28,29)12-13-30-22-14-21(35-20-4-2-1-3-5-20)15-23-24(22)31-16-33(23)19-10-6-17(7-11-19)25(34)32-18-8-9-18/h1-7,10-11,14-16,18,30H,8-9,12-13H2,(H,32,34). The second-order valence-corrected chi connectivity index (χ2v) is 8.45. The van der Waals surface area contributed by atoms with Gasteiger partial charge in [-0.3, -0.25) is 9.36 Å². The number of hydrogen-bond acceptors (Lipinski definition) is 4. The molecule has 0 atom stereocenters. The second-order valence-electron chi connectivity index (χ2n) is 8.45. The average Bonchev–Trinajstić information content (AvgIpc) is 3.54. The van der Waals surface area contributed by atoms with Gasteiger partial charge in [-0.25, -0.2) is 4.98 Å². The van der Waals surface area contributed by atoms with Crippen LogP contribution in [0, 0.1) is 0 Å². The molecule has 1 amide bonds. The second kappa shape index (κ2) is 9.32. The number of anilines is 1. The molecule has 5 rings (SSSR count). The van der Waals surface area contributed by atoms with Crippen LogP contribution in [0.4, 0.5) is 18.9 Å². The highest BCUT2D eigenvalue weighted by molar-refractivity contribution is 5.95. The Hall–Kier alpha value is -4.01. The number of carbonyl (C=O) groups excluding carboxylic acids is 1. The molecule has 35 heavy (non-hydrogen) atoms. The summed E-state index contributed by atoms with van der Waals surface area (Å²) < 4.78 is 45.9. The van der Waals surface area contributed by atoms with E-state index in [2.05, 4.69) is 15.6 Å². The van der Waals surface area contributed by atoms with Gasteiger partial charge in [0.25, 0.3) is 5.91 Å². The minimum atomic E-state index is -4.27. The summed E-state index contributed by atoms with van der Waals surface area (Å²) in [7, 11) is 0. The number of carbonyl (C=O) groups is 1. The lowest BCUT2D eigenvalue weighted by Crippen LogP contribution is -2.25. The first-order valence-electron chi connectivity index (χ1n) is 11.3. The third-order valence-electron chi connectivity index (χ3n) is 5.65. The quantitative estimate of drug-likeness (QED) is 0.321. The monoisotopic (exact) mass is 480 g/mol. The van der Waals surface area contributed by atoms with Crippen LogP contribution in [0.15, 0.2) is 73.1 Å². The van der Waals surface area contributed by atoms with Gasteiger partial charge in [0.15, 0.2) is 0 Å². The summed E-state index contributed by atoms with van der Waals surface area (Å²) >= 11 is 0. The van der Waals surface area contributed by atoms with Crippen LogP contribution < -0.4 is 15.4 Å². The Morgan fingerprint density at radius 1 is 1.03 bits per heavy atom. The van der Waals surface area contributed by atoms with Crippen LogP contribution in [0.1, 0.15) is 29.6 Å². The topological polar surface area (TPSA) is 68.2 Å². The molecule has 6 nitrogen and oxygen atoms in total. The van der Waals surface area contributed by atoms with Gasteiger partial charge in [-0.15, -0.1) is 0 Å². The zero-order valence-corrected chi connectivity index (χ0v) is 18.7. The van der Waals surface area contributed by atoms with Gasteiger partial charge < -0.3 is 15.4 Å². The van der Waals surface area contributed by atoms with Crippen molar-refractivity contribution in [1.82, 2.24) is 14.9 Å². The normalized spacial score (nSPS) is 13.6. The van der Waals surface area contributed by atoms with E-state index in [0.717, 1.165) is 18.5 Å².